The van der Waals surface area contributed by atoms with E-state index in [9.17, 15) is 18.4 Å². The van der Waals surface area contributed by atoms with Gasteiger partial charge < -0.3 is 15.7 Å². The lowest BCUT2D eigenvalue weighted by molar-refractivity contribution is 0.0692. The molecule has 0 saturated heterocycles. The number of benzene rings is 1. The molecule has 0 unspecified atom stereocenters. The van der Waals surface area contributed by atoms with Crippen molar-refractivity contribution >= 4 is 17.7 Å². The molecule has 5 nitrogen and oxygen atoms in total. The summed E-state index contributed by atoms with van der Waals surface area (Å²) < 4.78 is 26.6. The van der Waals surface area contributed by atoms with E-state index in [0.717, 1.165) is 12.5 Å². The molecule has 21 heavy (non-hydrogen) atoms. The molecule has 0 aliphatic heterocycles. The summed E-state index contributed by atoms with van der Waals surface area (Å²) >= 11 is 0. The van der Waals surface area contributed by atoms with E-state index in [-0.39, 0.29) is 0 Å². The number of carboxylic acids is 1. The van der Waals surface area contributed by atoms with E-state index in [2.05, 4.69) is 16.6 Å². The molecular weight excluding hydrogens is 282 g/mol. The Balaban J connectivity index is 2.62. The number of terminal acetylenes is 1. The first kappa shape index (κ1) is 16.4. The van der Waals surface area contributed by atoms with Crippen LogP contribution in [0.5, 0.6) is 0 Å². The molecule has 1 aromatic carbocycles. The number of halogens is 2. The minimum Gasteiger partial charge on any atom is -0.478 e. The highest BCUT2D eigenvalue weighted by molar-refractivity contribution is 5.93. The third kappa shape index (κ3) is 5.10. The molecule has 0 bridgehead atoms. The number of aromatic carboxylic acids is 1. The van der Waals surface area contributed by atoms with E-state index in [1.54, 1.807) is 0 Å². The first-order chi connectivity index (χ1) is 9.95. The summed E-state index contributed by atoms with van der Waals surface area (Å²) in [6.07, 6.45) is 7.06. The van der Waals surface area contributed by atoms with Crippen LogP contribution >= 0.6 is 0 Å². The SMILES string of the molecule is C#CCCCCNC(=O)Nc1cc(C(=O)O)c(F)cc1F. The average molecular weight is 296 g/mol. The minimum absolute atomic E-state index is 0.335. The van der Waals surface area contributed by atoms with Crippen molar-refractivity contribution in [3.05, 3.63) is 29.3 Å². The molecule has 0 saturated carbocycles. The summed E-state index contributed by atoms with van der Waals surface area (Å²) in [5, 5.41) is 13.3. The van der Waals surface area contributed by atoms with Crippen molar-refractivity contribution in [1.29, 1.82) is 0 Å². The number of carbonyl (C=O) groups is 2. The molecule has 0 atom stereocenters. The molecule has 2 amide bonds. The predicted molar refractivity (Wildman–Crippen MR) is 73.0 cm³/mol. The van der Waals surface area contributed by atoms with Crippen LogP contribution in [0.25, 0.3) is 0 Å². The van der Waals surface area contributed by atoms with Gasteiger partial charge >= 0.3 is 12.0 Å². The number of nitrogens with one attached hydrogen (secondary N) is 2. The molecular formula is C14H14F2N2O3. The van der Waals surface area contributed by atoms with Gasteiger partial charge in [-0.3, -0.25) is 0 Å². The molecule has 0 aliphatic rings. The second-order valence-electron chi connectivity index (χ2n) is 4.16. The van der Waals surface area contributed by atoms with Gasteiger partial charge in [-0.05, 0) is 18.9 Å². The van der Waals surface area contributed by atoms with Crippen molar-refractivity contribution in [3.8, 4) is 12.3 Å². The van der Waals surface area contributed by atoms with Crippen molar-refractivity contribution in [1.82, 2.24) is 5.32 Å². The quantitative estimate of drug-likeness (QED) is 0.557. The van der Waals surface area contributed by atoms with Gasteiger partial charge in [-0.15, -0.1) is 12.3 Å². The number of carbonyl (C=O) groups excluding carboxylic acids is 1. The number of amides is 2. The topological polar surface area (TPSA) is 78.4 Å². The van der Waals surface area contributed by atoms with Crippen molar-refractivity contribution in [2.75, 3.05) is 11.9 Å². The fraction of sp³-hybridized carbons (Fsp3) is 0.286. The summed E-state index contributed by atoms with van der Waals surface area (Å²) in [7, 11) is 0. The Morgan fingerprint density at radius 2 is 1.95 bits per heavy atom. The second-order valence-corrected chi connectivity index (χ2v) is 4.16. The summed E-state index contributed by atoms with van der Waals surface area (Å²) in [5.41, 5.74) is -1.13. The Morgan fingerprint density at radius 3 is 2.57 bits per heavy atom. The van der Waals surface area contributed by atoms with Crippen LogP contribution in [0.1, 0.15) is 29.6 Å². The number of anilines is 1. The molecule has 0 aromatic heterocycles. The number of hydrogen-bond acceptors (Lipinski definition) is 2. The van der Waals surface area contributed by atoms with Crippen molar-refractivity contribution in [2.24, 2.45) is 0 Å². The maximum Gasteiger partial charge on any atom is 0.338 e. The van der Waals surface area contributed by atoms with Crippen molar-refractivity contribution in [2.45, 2.75) is 19.3 Å². The smallest absolute Gasteiger partial charge is 0.338 e. The van der Waals surface area contributed by atoms with Gasteiger partial charge in [-0.25, -0.2) is 18.4 Å². The van der Waals surface area contributed by atoms with Gasteiger partial charge in [0.15, 0.2) is 0 Å². The molecule has 0 spiro atoms. The average Bonchev–Trinajstić information content (AvgIpc) is 2.41. The van der Waals surface area contributed by atoms with Crippen LogP contribution in [0.3, 0.4) is 0 Å². The Bertz CT molecular complexity index is 582. The van der Waals surface area contributed by atoms with E-state index in [1.165, 1.54) is 0 Å². The van der Waals surface area contributed by atoms with Gasteiger partial charge in [-0.2, -0.15) is 0 Å². The molecule has 7 heteroatoms. The maximum absolute atomic E-state index is 13.4. The van der Waals surface area contributed by atoms with Crippen molar-refractivity contribution < 1.29 is 23.5 Å². The largest absolute Gasteiger partial charge is 0.478 e. The van der Waals surface area contributed by atoms with Crippen LogP contribution in [0.2, 0.25) is 0 Å². The molecule has 0 aliphatic carbocycles. The summed E-state index contributed by atoms with van der Waals surface area (Å²) in [5.74, 6) is -1.36. The van der Waals surface area contributed by atoms with Crippen molar-refractivity contribution in [3.63, 3.8) is 0 Å². The number of unbranched alkanes of at least 4 members (excludes halogenated alkanes) is 2. The third-order valence-corrected chi connectivity index (χ3v) is 2.57. The summed E-state index contributed by atoms with van der Waals surface area (Å²) in [4.78, 5) is 22.2. The zero-order chi connectivity index (χ0) is 15.8. The lowest BCUT2D eigenvalue weighted by Gasteiger charge is -2.09. The molecule has 0 heterocycles. The molecule has 1 aromatic rings. The second kappa shape index (κ2) is 7.85. The zero-order valence-electron chi connectivity index (χ0n) is 11.1. The van der Waals surface area contributed by atoms with E-state index in [1.807, 2.05) is 0 Å². The predicted octanol–water partition coefficient (Wildman–Crippen LogP) is 2.59. The minimum atomic E-state index is -1.55. The summed E-state index contributed by atoms with van der Waals surface area (Å²) in [6, 6.07) is 0.425. The van der Waals surface area contributed by atoms with Crippen LogP contribution in [0, 0.1) is 24.0 Å². The van der Waals surface area contributed by atoms with Crippen LogP contribution < -0.4 is 10.6 Å². The highest BCUT2D eigenvalue weighted by Gasteiger charge is 2.16. The van der Waals surface area contributed by atoms with Gasteiger partial charge in [-0.1, -0.05) is 0 Å². The molecule has 0 radical (unpaired) electrons. The first-order valence-electron chi connectivity index (χ1n) is 6.16. The molecule has 112 valence electrons. The fourth-order valence-electron chi connectivity index (χ4n) is 1.53. The lowest BCUT2D eigenvalue weighted by Crippen LogP contribution is -2.30. The molecule has 1 rings (SSSR count). The number of rotatable bonds is 6. The zero-order valence-corrected chi connectivity index (χ0v) is 11.1. The highest BCUT2D eigenvalue weighted by atomic mass is 19.1. The maximum atomic E-state index is 13.4. The molecule has 3 N–H and O–H groups in total. The highest BCUT2D eigenvalue weighted by Crippen LogP contribution is 2.19. The number of hydrogen-bond donors (Lipinski definition) is 3. The van der Waals surface area contributed by atoms with E-state index < -0.39 is 34.9 Å². The van der Waals surface area contributed by atoms with Crippen LogP contribution in [0.15, 0.2) is 12.1 Å². The van der Waals surface area contributed by atoms with Crippen LogP contribution in [-0.4, -0.2) is 23.7 Å². The van der Waals surface area contributed by atoms with Gasteiger partial charge in [0, 0.05) is 19.0 Å². The standard InChI is InChI=1S/C14H14F2N2O3/c1-2-3-4-5-6-17-14(21)18-12-7-9(13(19)20)10(15)8-11(12)16/h1,7-8H,3-6H2,(H,19,20)(H2,17,18,21). The Hall–Kier alpha value is -2.62. The molecule has 0 fully saturated rings. The fourth-order valence-corrected chi connectivity index (χ4v) is 1.53. The van der Waals surface area contributed by atoms with E-state index in [4.69, 9.17) is 11.5 Å². The summed E-state index contributed by atoms with van der Waals surface area (Å²) in [6.45, 7) is 0.335. The third-order valence-electron chi connectivity index (χ3n) is 2.57. The Morgan fingerprint density at radius 1 is 1.24 bits per heavy atom. The monoisotopic (exact) mass is 296 g/mol. The van der Waals surface area contributed by atoms with E-state index >= 15 is 0 Å². The Kier molecular flexibility index (Phi) is 6.14. The number of urea groups is 1. The van der Waals surface area contributed by atoms with Gasteiger partial charge in [0.2, 0.25) is 0 Å². The van der Waals surface area contributed by atoms with Gasteiger partial charge in [0.1, 0.15) is 11.6 Å². The normalized spacial score (nSPS) is 9.76. The van der Waals surface area contributed by atoms with Crippen LogP contribution in [0.4, 0.5) is 19.3 Å². The number of carboxylic acid groups (broad SMARTS) is 1. The van der Waals surface area contributed by atoms with Gasteiger partial charge in [0.25, 0.3) is 0 Å². The Labute approximate surface area is 120 Å². The van der Waals surface area contributed by atoms with Gasteiger partial charge in [0.05, 0.1) is 11.3 Å². The lowest BCUT2D eigenvalue weighted by atomic mass is 10.2. The first-order valence-corrected chi connectivity index (χ1v) is 6.16. The van der Waals surface area contributed by atoms with E-state index in [0.29, 0.717) is 25.5 Å². The van der Waals surface area contributed by atoms with Crippen LogP contribution in [-0.2, 0) is 0 Å².